The molecule has 1 fully saturated rings. The second kappa shape index (κ2) is 7.94. The number of aromatic amines is 1. The van der Waals surface area contributed by atoms with Crippen LogP contribution in [0, 0.1) is 5.92 Å². The lowest BCUT2D eigenvalue weighted by Crippen LogP contribution is -2.33. The third-order valence-corrected chi connectivity index (χ3v) is 4.70. The highest BCUT2D eigenvalue weighted by atomic mass is 35.5. The summed E-state index contributed by atoms with van der Waals surface area (Å²) in [6.07, 6.45) is 4.48. The molecule has 3 heterocycles. The maximum Gasteiger partial charge on any atom is 0.272 e. The third-order valence-electron chi connectivity index (χ3n) is 4.70. The first kappa shape index (κ1) is 17.2. The van der Waals surface area contributed by atoms with Crippen molar-refractivity contribution >= 4 is 18.3 Å². The Balaban J connectivity index is 0.00000176. The smallest absolute Gasteiger partial charge is 0.272 e. The number of hydrogen-bond donors (Lipinski definition) is 3. The standard InChI is InChI=1S/C15H25N5O.ClH/c1-20-8-4-11(5-9-20)2-7-17-15(21)14-12-10-16-6-3-13(12)18-19-14;/h11,16H,2-10H2,1H3,(H,17,21)(H,18,19);1H. The normalized spacial score (nSPS) is 19.3. The quantitative estimate of drug-likeness (QED) is 0.769. The summed E-state index contributed by atoms with van der Waals surface area (Å²) in [5.74, 6) is 0.709. The molecule has 124 valence electrons. The van der Waals surface area contributed by atoms with Gasteiger partial charge in [-0.25, -0.2) is 0 Å². The first-order chi connectivity index (χ1) is 10.2. The highest BCUT2D eigenvalue weighted by molar-refractivity contribution is 5.94. The van der Waals surface area contributed by atoms with Gasteiger partial charge in [-0.05, 0) is 45.3 Å². The number of likely N-dealkylation sites (tertiary alicyclic amines) is 1. The van der Waals surface area contributed by atoms with Crippen LogP contribution in [0.15, 0.2) is 0 Å². The molecular weight excluding hydrogens is 302 g/mol. The van der Waals surface area contributed by atoms with E-state index in [1.165, 1.54) is 25.9 Å². The Morgan fingerprint density at radius 2 is 2.18 bits per heavy atom. The average molecular weight is 328 g/mol. The van der Waals surface area contributed by atoms with Gasteiger partial charge < -0.3 is 15.5 Å². The van der Waals surface area contributed by atoms with Crippen molar-refractivity contribution < 1.29 is 4.79 Å². The lowest BCUT2D eigenvalue weighted by molar-refractivity contribution is 0.0942. The predicted molar refractivity (Wildman–Crippen MR) is 88.4 cm³/mol. The van der Waals surface area contributed by atoms with Crippen molar-refractivity contribution in [3.63, 3.8) is 0 Å². The number of rotatable bonds is 4. The second-order valence-corrected chi connectivity index (χ2v) is 6.25. The molecule has 2 aliphatic heterocycles. The largest absolute Gasteiger partial charge is 0.351 e. The van der Waals surface area contributed by atoms with E-state index in [-0.39, 0.29) is 18.3 Å². The van der Waals surface area contributed by atoms with Gasteiger partial charge >= 0.3 is 0 Å². The van der Waals surface area contributed by atoms with Gasteiger partial charge in [0.25, 0.3) is 5.91 Å². The van der Waals surface area contributed by atoms with Gasteiger partial charge in [-0.3, -0.25) is 9.89 Å². The van der Waals surface area contributed by atoms with E-state index in [1.54, 1.807) is 0 Å². The van der Waals surface area contributed by atoms with Gasteiger partial charge in [-0.15, -0.1) is 12.4 Å². The zero-order valence-electron chi connectivity index (χ0n) is 13.2. The molecule has 0 unspecified atom stereocenters. The number of fused-ring (bicyclic) bond motifs is 1. The number of carbonyl (C=O) groups is 1. The van der Waals surface area contributed by atoms with E-state index in [0.29, 0.717) is 5.69 Å². The summed E-state index contributed by atoms with van der Waals surface area (Å²) >= 11 is 0. The van der Waals surface area contributed by atoms with E-state index in [0.717, 1.165) is 49.7 Å². The van der Waals surface area contributed by atoms with Crippen LogP contribution in [-0.4, -0.2) is 54.2 Å². The Morgan fingerprint density at radius 3 is 2.95 bits per heavy atom. The van der Waals surface area contributed by atoms with E-state index in [4.69, 9.17) is 0 Å². The van der Waals surface area contributed by atoms with Gasteiger partial charge in [-0.2, -0.15) is 5.10 Å². The van der Waals surface area contributed by atoms with Crippen molar-refractivity contribution in [3.8, 4) is 0 Å². The van der Waals surface area contributed by atoms with Crippen LogP contribution in [0.3, 0.4) is 0 Å². The Hall–Kier alpha value is -1.11. The SMILES string of the molecule is CN1CCC(CCNC(=O)c2n[nH]c3c2CNCC3)CC1.Cl. The molecule has 1 aromatic rings. The fourth-order valence-corrected chi connectivity index (χ4v) is 3.24. The minimum atomic E-state index is -0.0378. The maximum absolute atomic E-state index is 12.2. The molecule has 0 saturated carbocycles. The molecule has 0 aliphatic carbocycles. The van der Waals surface area contributed by atoms with Crippen LogP contribution in [0.1, 0.15) is 41.0 Å². The lowest BCUT2D eigenvalue weighted by atomic mass is 9.94. The van der Waals surface area contributed by atoms with Gasteiger partial charge in [0, 0.05) is 37.3 Å². The predicted octanol–water partition coefficient (Wildman–Crippen LogP) is 0.939. The summed E-state index contributed by atoms with van der Waals surface area (Å²) in [7, 11) is 2.17. The Bertz CT molecular complexity index is 496. The van der Waals surface area contributed by atoms with Crippen molar-refractivity contribution in [3.05, 3.63) is 17.0 Å². The zero-order valence-corrected chi connectivity index (χ0v) is 14.0. The van der Waals surface area contributed by atoms with E-state index in [2.05, 4.69) is 32.8 Å². The fourth-order valence-electron chi connectivity index (χ4n) is 3.24. The van der Waals surface area contributed by atoms with Crippen LogP contribution in [0.2, 0.25) is 0 Å². The van der Waals surface area contributed by atoms with Crippen LogP contribution in [0.4, 0.5) is 0 Å². The summed E-state index contributed by atoms with van der Waals surface area (Å²) in [5, 5.41) is 13.5. The molecule has 0 aromatic carbocycles. The topological polar surface area (TPSA) is 73.0 Å². The van der Waals surface area contributed by atoms with Crippen LogP contribution in [0.5, 0.6) is 0 Å². The molecule has 6 nitrogen and oxygen atoms in total. The van der Waals surface area contributed by atoms with Gasteiger partial charge in [0.2, 0.25) is 0 Å². The summed E-state index contributed by atoms with van der Waals surface area (Å²) in [4.78, 5) is 14.6. The number of amides is 1. The summed E-state index contributed by atoms with van der Waals surface area (Å²) in [6.45, 7) is 4.80. The fraction of sp³-hybridized carbons (Fsp3) is 0.733. The molecule has 0 spiro atoms. The van der Waals surface area contributed by atoms with Crippen LogP contribution in [-0.2, 0) is 13.0 Å². The van der Waals surface area contributed by atoms with Crippen LogP contribution in [0.25, 0.3) is 0 Å². The number of halogens is 1. The van der Waals surface area contributed by atoms with Crippen LogP contribution >= 0.6 is 12.4 Å². The van der Waals surface area contributed by atoms with E-state index >= 15 is 0 Å². The number of H-pyrrole nitrogens is 1. The van der Waals surface area contributed by atoms with Crippen molar-refractivity contribution in [1.82, 2.24) is 25.7 Å². The number of carbonyl (C=O) groups excluding carboxylic acids is 1. The van der Waals surface area contributed by atoms with Gasteiger partial charge in [0.15, 0.2) is 5.69 Å². The minimum Gasteiger partial charge on any atom is -0.351 e. The summed E-state index contributed by atoms with van der Waals surface area (Å²) in [6, 6.07) is 0. The monoisotopic (exact) mass is 327 g/mol. The molecule has 22 heavy (non-hydrogen) atoms. The highest BCUT2D eigenvalue weighted by Crippen LogP contribution is 2.19. The van der Waals surface area contributed by atoms with Gasteiger partial charge in [0.1, 0.15) is 0 Å². The molecule has 0 bridgehead atoms. The molecule has 3 rings (SSSR count). The highest BCUT2D eigenvalue weighted by Gasteiger charge is 2.22. The van der Waals surface area contributed by atoms with E-state index in [9.17, 15) is 4.79 Å². The number of nitrogens with zero attached hydrogens (tertiary/aromatic N) is 2. The number of piperidine rings is 1. The molecule has 0 radical (unpaired) electrons. The van der Waals surface area contributed by atoms with Crippen molar-refractivity contribution in [2.24, 2.45) is 5.92 Å². The van der Waals surface area contributed by atoms with Crippen LogP contribution < -0.4 is 10.6 Å². The number of nitrogens with one attached hydrogen (secondary N) is 3. The average Bonchev–Trinajstić information content (AvgIpc) is 2.93. The Labute approximate surface area is 137 Å². The molecule has 0 atom stereocenters. The molecular formula is C15H26ClN5O. The molecule has 1 aromatic heterocycles. The maximum atomic E-state index is 12.2. The number of aromatic nitrogens is 2. The van der Waals surface area contributed by atoms with E-state index < -0.39 is 0 Å². The zero-order chi connectivity index (χ0) is 14.7. The van der Waals surface area contributed by atoms with Gasteiger partial charge in [0.05, 0.1) is 0 Å². The van der Waals surface area contributed by atoms with Gasteiger partial charge in [-0.1, -0.05) is 0 Å². The molecule has 3 N–H and O–H groups in total. The first-order valence-electron chi connectivity index (χ1n) is 7.97. The molecule has 2 aliphatic rings. The lowest BCUT2D eigenvalue weighted by Gasteiger charge is -2.28. The molecule has 1 saturated heterocycles. The Kier molecular flexibility index (Phi) is 6.23. The van der Waals surface area contributed by atoms with Crippen molar-refractivity contribution in [1.29, 1.82) is 0 Å². The number of hydrogen-bond acceptors (Lipinski definition) is 4. The Morgan fingerprint density at radius 1 is 1.41 bits per heavy atom. The van der Waals surface area contributed by atoms with Crippen molar-refractivity contribution in [2.45, 2.75) is 32.2 Å². The van der Waals surface area contributed by atoms with Crippen molar-refractivity contribution in [2.75, 3.05) is 33.2 Å². The summed E-state index contributed by atoms with van der Waals surface area (Å²) in [5.41, 5.74) is 2.72. The summed E-state index contributed by atoms with van der Waals surface area (Å²) < 4.78 is 0. The molecule has 7 heteroatoms. The minimum absolute atomic E-state index is 0. The molecule has 1 amide bonds. The van der Waals surface area contributed by atoms with E-state index in [1.807, 2.05) is 0 Å². The third kappa shape index (κ3) is 4.00. The first-order valence-corrected chi connectivity index (χ1v) is 7.97. The second-order valence-electron chi connectivity index (χ2n) is 6.25.